The Labute approximate surface area is 160 Å². The number of rotatable bonds is 4. The van der Waals surface area contributed by atoms with Crippen LogP contribution in [0.25, 0.3) is 16.2 Å². The van der Waals surface area contributed by atoms with Crippen LogP contribution in [0.15, 0.2) is 30.5 Å². The van der Waals surface area contributed by atoms with Crippen molar-refractivity contribution < 1.29 is 4.79 Å². The summed E-state index contributed by atoms with van der Waals surface area (Å²) in [6.07, 6.45) is 4.01. The van der Waals surface area contributed by atoms with Gasteiger partial charge in [-0.1, -0.05) is 35.1 Å². The summed E-state index contributed by atoms with van der Waals surface area (Å²) in [6.45, 7) is 4.23. The quantitative estimate of drug-likeness (QED) is 0.737. The maximum atomic E-state index is 11.4. The number of hydrogen-bond acceptors (Lipinski definition) is 5. The van der Waals surface area contributed by atoms with E-state index in [0.717, 1.165) is 53.8 Å². The van der Waals surface area contributed by atoms with Gasteiger partial charge in [-0.05, 0) is 30.9 Å². The Morgan fingerprint density at radius 1 is 1.31 bits per heavy atom. The van der Waals surface area contributed by atoms with Gasteiger partial charge in [-0.3, -0.25) is 4.79 Å². The van der Waals surface area contributed by atoms with Crippen LogP contribution in [-0.2, 0) is 4.79 Å². The minimum atomic E-state index is 0.175. The number of nitrogens with one attached hydrogen (secondary N) is 1. The van der Waals surface area contributed by atoms with E-state index in [9.17, 15) is 4.79 Å². The molecule has 1 fully saturated rings. The first-order valence-electron chi connectivity index (χ1n) is 8.70. The number of piperidine rings is 1. The molecule has 1 aliphatic heterocycles. The molecule has 26 heavy (non-hydrogen) atoms. The van der Waals surface area contributed by atoms with Gasteiger partial charge in [0.1, 0.15) is 0 Å². The Bertz CT molecular complexity index is 880. The van der Waals surface area contributed by atoms with E-state index in [4.69, 9.17) is 11.6 Å². The third-order valence-electron chi connectivity index (χ3n) is 4.78. The first-order chi connectivity index (χ1) is 12.6. The molecule has 1 aliphatic rings. The number of imidazole rings is 1. The van der Waals surface area contributed by atoms with Gasteiger partial charge in [0.05, 0.1) is 11.9 Å². The number of aromatic nitrogens is 3. The van der Waals surface area contributed by atoms with Gasteiger partial charge in [-0.25, -0.2) is 9.50 Å². The van der Waals surface area contributed by atoms with E-state index in [-0.39, 0.29) is 5.91 Å². The average Bonchev–Trinajstić information content (AvgIpc) is 3.19. The van der Waals surface area contributed by atoms with Crippen molar-refractivity contribution in [3.8, 4) is 11.3 Å². The Balaban J connectivity index is 1.37. The van der Waals surface area contributed by atoms with Gasteiger partial charge in [0.15, 0.2) is 0 Å². The van der Waals surface area contributed by atoms with Crippen LogP contribution in [0.5, 0.6) is 0 Å². The first-order valence-corrected chi connectivity index (χ1v) is 9.89. The highest BCUT2D eigenvalue weighted by Crippen LogP contribution is 2.26. The maximum Gasteiger partial charge on any atom is 0.219 e. The van der Waals surface area contributed by atoms with Crippen molar-refractivity contribution in [3.63, 3.8) is 0 Å². The number of carbonyl (C=O) groups is 1. The van der Waals surface area contributed by atoms with Crippen molar-refractivity contribution in [2.45, 2.75) is 19.8 Å². The second kappa shape index (κ2) is 7.25. The van der Waals surface area contributed by atoms with Gasteiger partial charge in [0.25, 0.3) is 0 Å². The molecule has 0 spiro atoms. The maximum absolute atomic E-state index is 11.4. The third-order valence-corrected chi connectivity index (χ3v) is 5.92. The topological polar surface area (TPSA) is 62.5 Å². The van der Waals surface area contributed by atoms with Gasteiger partial charge in [0, 0.05) is 37.1 Å². The lowest BCUT2D eigenvalue weighted by Crippen LogP contribution is -2.38. The summed E-state index contributed by atoms with van der Waals surface area (Å²) in [6, 6.07) is 7.65. The number of hydrogen-bond donors (Lipinski definition) is 1. The Hall–Kier alpha value is -2.12. The number of fused-ring (bicyclic) bond motifs is 1. The molecule has 4 rings (SSSR count). The zero-order valence-electron chi connectivity index (χ0n) is 14.5. The first kappa shape index (κ1) is 17.3. The predicted octanol–water partition coefficient (Wildman–Crippen LogP) is 3.78. The number of benzene rings is 1. The summed E-state index contributed by atoms with van der Waals surface area (Å²) in [4.78, 5) is 18.8. The van der Waals surface area contributed by atoms with E-state index in [1.54, 1.807) is 18.3 Å². The second-order valence-corrected chi connectivity index (χ2v) is 7.99. The Morgan fingerprint density at radius 3 is 2.69 bits per heavy atom. The summed E-state index contributed by atoms with van der Waals surface area (Å²) < 4.78 is 1.81. The van der Waals surface area contributed by atoms with Crippen LogP contribution in [-0.4, -0.2) is 45.0 Å². The molecule has 8 heteroatoms. The summed E-state index contributed by atoms with van der Waals surface area (Å²) >= 11 is 7.49. The fourth-order valence-electron chi connectivity index (χ4n) is 3.21. The highest BCUT2D eigenvalue weighted by atomic mass is 35.5. The minimum absolute atomic E-state index is 0.175. The van der Waals surface area contributed by atoms with Gasteiger partial charge in [-0.2, -0.15) is 0 Å². The second-order valence-electron chi connectivity index (χ2n) is 6.60. The number of carbonyl (C=O) groups excluding carboxylic acids is 1. The van der Waals surface area contributed by atoms with E-state index in [0.29, 0.717) is 10.9 Å². The molecule has 1 amide bonds. The van der Waals surface area contributed by atoms with Crippen molar-refractivity contribution in [1.29, 1.82) is 0 Å². The summed E-state index contributed by atoms with van der Waals surface area (Å²) in [7, 11) is 0. The molecule has 1 saturated heterocycles. The molecule has 1 aromatic carbocycles. The molecule has 0 atom stereocenters. The third kappa shape index (κ3) is 3.68. The molecule has 6 nitrogen and oxygen atoms in total. The van der Waals surface area contributed by atoms with E-state index < -0.39 is 0 Å². The lowest BCUT2D eigenvalue weighted by Gasteiger charge is -2.31. The monoisotopic (exact) mass is 389 g/mol. The van der Waals surface area contributed by atoms with Crippen LogP contribution in [0.3, 0.4) is 0 Å². The molecule has 0 bridgehead atoms. The van der Waals surface area contributed by atoms with Crippen molar-refractivity contribution in [3.05, 3.63) is 35.5 Å². The van der Waals surface area contributed by atoms with Gasteiger partial charge >= 0.3 is 0 Å². The molecule has 0 saturated carbocycles. The number of amides is 1. The largest absolute Gasteiger partial charge is 0.360 e. The number of halogens is 1. The summed E-state index contributed by atoms with van der Waals surface area (Å²) in [5.74, 6) is 0.750. The molecule has 3 aromatic rings. The highest BCUT2D eigenvalue weighted by Gasteiger charge is 2.21. The van der Waals surface area contributed by atoms with E-state index >= 15 is 0 Å². The standard InChI is InChI=1S/C18H20ClN5OS/c1-12(25)23-8-6-13(7-9-23)10-20-17-22-24-11-16(21-18(24)26-17)14-2-4-15(19)5-3-14/h2-5,11,13H,6-10H2,1H3,(H,20,22). The van der Waals surface area contributed by atoms with E-state index in [2.05, 4.69) is 15.4 Å². The molecule has 2 aromatic heterocycles. The van der Waals surface area contributed by atoms with Gasteiger partial charge in [0.2, 0.25) is 16.0 Å². The predicted molar refractivity (Wildman–Crippen MR) is 105 cm³/mol. The number of anilines is 1. The molecule has 3 heterocycles. The lowest BCUT2D eigenvalue weighted by molar-refractivity contribution is -0.130. The summed E-state index contributed by atoms with van der Waals surface area (Å²) in [5.41, 5.74) is 1.92. The normalized spacial score (nSPS) is 15.5. The molecule has 1 N–H and O–H groups in total. The fraction of sp³-hybridized carbons (Fsp3) is 0.389. The van der Waals surface area contributed by atoms with Gasteiger partial charge in [-0.15, -0.1) is 5.10 Å². The van der Waals surface area contributed by atoms with Crippen LogP contribution in [0.1, 0.15) is 19.8 Å². The minimum Gasteiger partial charge on any atom is -0.360 e. The molecule has 0 aliphatic carbocycles. The lowest BCUT2D eigenvalue weighted by atomic mass is 9.97. The fourth-order valence-corrected chi connectivity index (χ4v) is 4.13. The number of likely N-dealkylation sites (tertiary alicyclic amines) is 1. The van der Waals surface area contributed by atoms with Gasteiger partial charge < -0.3 is 10.2 Å². The Kier molecular flexibility index (Phi) is 4.82. The van der Waals surface area contributed by atoms with Crippen molar-refractivity contribution in [1.82, 2.24) is 19.5 Å². The molecule has 0 unspecified atom stereocenters. The Morgan fingerprint density at radius 2 is 2.04 bits per heavy atom. The van der Waals surface area contributed by atoms with E-state index in [1.165, 1.54) is 0 Å². The molecular formula is C18H20ClN5OS. The SMILES string of the molecule is CC(=O)N1CCC(CNc2nn3cc(-c4ccc(Cl)cc4)nc3s2)CC1. The van der Waals surface area contributed by atoms with Crippen LogP contribution in [0.2, 0.25) is 5.02 Å². The molecular weight excluding hydrogens is 370 g/mol. The highest BCUT2D eigenvalue weighted by molar-refractivity contribution is 7.20. The van der Waals surface area contributed by atoms with E-state index in [1.807, 2.05) is 39.9 Å². The van der Waals surface area contributed by atoms with Crippen LogP contribution >= 0.6 is 22.9 Å². The average molecular weight is 390 g/mol. The zero-order valence-corrected chi connectivity index (χ0v) is 16.1. The smallest absolute Gasteiger partial charge is 0.219 e. The van der Waals surface area contributed by atoms with Crippen LogP contribution < -0.4 is 5.32 Å². The van der Waals surface area contributed by atoms with Crippen molar-refractivity contribution >= 4 is 38.9 Å². The van der Waals surface area contributed by atoms with Crippen LogP contribution in [0.4, 0.5) is 5.13 Å². The molecule has 136 valence electrons. The van der Waals surface area contributed by atoms with Crippen LogP contribution in [0, 0.1) is 5.92 Å². The van der Waals surface area contributed by atoms with Crippen molar-refractivity contribution in [2.24, 2.45) is 5.92 Å². The molecule has 0 radical (unpaired) electrons. The number of nitrogens with zero attached hydrogens (tertiary/aromatic N) is 4. The van der Waals surface area contributed by atoms with Crippen molar-refractivity contribution in [2.75, 3.05) is 25.0 Å². The zero-order chi connectivity index (χ0) is 18.1. The summed E-state index contributed by atoms with van der Waals surface area (Å²) in [5, 5.41) is 9.60.